The van der Waals surface area contributed by atoms with Gasteiger partial charge in [-0.1, -0.05) is 0 Å². The van der Waals surface area contributed by atoms with Gasteiger partial charge in [0.1, 0.15) is 0 Å². The van der Waals surface area contributed by atoms with E-state index in [1.54, 1.807) is 19.2 Å². The van der Waals surface area contributed by atoms with E-state index in [9.17, 15) is 10.1 Å². The average molecular weight is 248 g/mol. The van der Waals surface area contributed by atoms with Gasteiger partial charge in [0.25, 0.3) is 0 Å². The number of aryl methyl sites for hydroxylation is 1. The first-order valence-corrected chi connectivity index (χ1v) is 6.22. The second-order valence-electron chi connectivity index (χ2n) is 5.14. The molecule has 0 aliphatic carbocycles. The maximum absolute atomic E-state index is 11.2. The Morgan fingerprint density at radius 1 is 1.44 bits per heavy atom. The lowest BCUT2D eigenvalue weighted by molar-refractivity contribution is -0.384. The van der Waals surface area contributed by atoms with E-state index in [0.717, 1.165) is 26.2 Å². The van der Waals surface area contributed by atoms with E-state index in [-0.39, 0.29) is 10.6 Å². The molecule has 2 saturated heterocycles. The highest BCUT2D eigenvalue weighted by atomic mass is 16.6. The maximum atomic E-state index is 11.2. The minimum absolute atomic E-state index is 0.158. The Morgan fingerprint density at radius 2 is 2.11 bits per heavy atom. The lowest BCUT2D eigenvalue weighted by Gasteiger charge is -2.18. The largest absolute Gasteiger partial charge is 0.350 e. The molecular weight excluding hydrogens is 232 g/mol. The van der Waals surface area contributed by atoms with Crippen molar-refractivity contribution >= 4 is 11.5 Å². The monoisotopic (exact) mass is 248 g/mol. The fourth-order valence-electron chi connectivity index (χ4n) is 3.02. The van der Waals surface area contributed by atoms with Gasteiger partial charge in [0.05, 0.1) is 4.92 Å². The van der Waals surface area contributed by atoms with Gasteiger partial charge in [-0.3, -0.25) is 10.1 Å². The number of hydrogen-bond acceptors (Lipinski definition) is 5. The molecule has 0 unspecified atom stereocenters. The molecule has 96 valence electrons. The summed E-state index contributed by atoms with van der Waals surface area (Å²) in [5, 5.41) is 14.5. The highest BCUT2D eigenvalue weighted by Gasteiger charge is 2.38. The predicted molar refractivity (Wildman–Crippen MR) is 67.7 cm³/mol. The lowest BCUT2D eigenvalue weighted by atomic mass is 10.0. The van der Waals surface area contributed by atoms with Crippen LogP contribution in [-0.4, -0.2) is 36.1 Å². The van der Waals surface area contributed by atoms with Gasteiger partial charge in [0, 0.05) is 37.9 Å². The van der Waals surface area contributed by atoms with Crippen LogP contribution < -0.4 is 10.2 Å². The molecule has 6 nitrogen and oxygen atoms in total. The molecule has 0 aromatic carbocycles. The summed E-state index contributed by atoms with van der Waals surface area (Å²) in [6, 6.07) is 1.69. The Bertz CT molecular complexity index is 479. The third kappa shape index (κ3) is 1.73. The van der Waals surface area contributed by atoms with Crippen molar-refractivity contribution in [1.82, 2.24) is 10.3 Å². The maximum Gasteiger partial charge on any atom is 0.314 e. The Morgan fingerprint density at radius 3 is 2.72 bits per heavy atom. The van der Waals surface area contributed by atoms with E-state index in [2.05, 4.69) is 15.2 Å². The van der Waals surface area contributed by atoms with Crippen LogP contribution in [0.3, 0.4) is 0 Å². The highest BCUT2D eigenvalue weighted by molar-refractivity contribution is 5.62. The fraction of sp³-hybridized carbons (Fsp3) is 0.583. The first-order chi connectivity index (χ1) is 8.66. The second-order valence-corrected chi connectivity index (χ2v) is 5.14. The van der Waals surface area contributed by atoms with Crippen LogP contribution in [0.15, 0.2) is 12.3 Å². The van der Waals surface area contributed by atoms with E-state index in [0.29, 0.717) is 23.2 Å². The first kappa shape index (κ1) is 11.4. The summed E-state index contributed by atoms with van der Waals surface area (Å²) in [4.78, 5) is 17.2. The van der Waals surface area contributed by atoms with Gasteiger partial charge in [-0.05, 0) is 24.8 Å². The summed E-state index contributed by atoms with van der Waals surface area (Å²) < 4.78 is 0. The molecule has 0 bridgehead atoms. The van der Waals surface area contributed by atoms with Gasteiger partial charge in [0.2, 0.25) is 5.82 Å². The van der Waals surface area contributed by atoms with Crippen molar-refractivity contribution in [2.75, 3.05) is 31.1 Å². The quantitative estimate of drug-likeness (QED) is 0.623. The summed E-state index contributed by atoms with van der Waals surface area (Å²) in [5.74, 6) is 1.74. The number of nitrogens with one attached hydrogen (secondary N) is 1. The molecule has 0 spiro atoms. The van der Waals surface area contributed by atoms with Crippen LogP contribution in [0.4, 0.5) is 11.5 Å². The smallest absolute Gasteiger partial charge is 0.314 e. The topological polar surface area (TPSA) is 71.3 Å². The third-order valence-electron chi connectivity index (χ3n) is 3.98. The van der Waals surface area contributed by atoms with Crippen LogP contribution in [0, 0.1) is 28.9 Å². The molecule has 18 heavy (non-hydrogen) atoms. The Kier molecular flexibility index (Phi) is 2.66. The van der Waals surface area contributed by atoms with Crippen LogP contribution in [0.5, 0.6) is 0 Å². The zero-order chi connectivity index (χ0) is 12.7. The van der Waals surface area contributed by atoms with Gasteiger partial charge in [-0.25, -0.2) is 4.98 Å². The molecule has 3 rings (SSSR count). The Hall–Kier alpha value is -1.69. The molecule has 6 heteroatoms. The predicted octanol–water partition coefficient (Wildman–Crippen LogP) is 0.954. The number of fused-ring (bicyclic) bond motifs is 1. The van der Waals surface area contributed by atoms with Crippen molar-refractivity contribution in [3.05, 3.63) is 27.9 Å². The number of nitrogens with zero attached hydrogens (tertiary/aromatic N) is 3. The van der Waals surface area contributed by atoms with Crippen LogP contribution in [-0.2, 0) is 0 Å². The fourth-order valence-corrected chi connectivity index (χ4v) is 3.02. The highest BCUT2D eigenvalue weighted by Crippen LogP contribution is 2.35. The molecular formula is C12H16N4O2. The van der Waals surface area contributed by atoms with Crippen molar-refractivity contribution in [2.45, 2.75) is 6.92 Å². The average Bonchev–Trinajstić information content (AvgIpc) is 2.87. The normalized spacial score (nSPS) is 26.4. The Labute approximate surface area is 105 Å². The zero-order valence-electron chi connectivity index (χ0n) is 10.3. The minimum Gasteiger partial charge on any atom is -0.350 e. The minimum atomic E-state index is -0.315. The number of nitro groups is 1. The van der Waals surface area contributed by atoms with E-state index >= 15 is 0 Å². The lowest BCUT2D eigenvalue weighted by Crippen LogP contribution is -2.27. The summed E-state index contributed by atoms with van der Waals surface area (Å²) >= 11 is 0. The molecule has 3 heterocycles. The zero-order valence-corrected chi connectivity index (χ0v) is 10.3. The van der Waals surface area contributed by atoms with Crippen molar-refractivity contribution in [3.63, 3.8) is 0 Å². The molecule has 2 aliphatic rings. The molecule has 1 aromatic heterocycles. The summed E-state index contributed by atoms with van der Waals surface area (Å²) in [5.41, 5.74) is 0.839. The molecule has 2 fully saturated rings. The molecule has 0 saturated carbocycles. The molecule has 2 atom stereocenters. The van der Waals surface area contributed by atoms with Crippen LogP contribution >= 0.6 is 0 Å². The first-order valence-electron chi connectivity index (χ1n) is 6.22. The van der Waals surface area contributed by atoms with Crippen LogP contribution in [0.25, 0.3) is 0 Å². The number of aromatic nitrogens is 1. The van der Waals surface area contributed by atoms with Gasteiger partial charge < -0.3 is 10.2 Å². The molecule has 1 aromatic rings. The van der Waals surface area contributed by atoms with Crippen molar-refractivity contribution in [3.8, 4) is 0 Å². The van der Waals surface area contributed by atoms with Crippen molar-refractivity contribution < 1.29 is 4.92 Å². The molecule has 2 aliphatic heterocycles. The molecule has 0 amide bonds. The van der Waals surface area contributed by atoms with E-state index in [4.69, 9.17) is 0 Å². The van der Waals surface area contributed by atoms with E-state index in [1.807, 2.05) is 0 Å². The summed E-state index contributed by atoms with van der Waals surface area (Å²) in [6.45, 7) is 5.53. The second kappa shape index (κ2) is 4.20. The molecule has 1 N–H and O–H groups in total. The number of pyridine rings is 1. The summed E-state index contributed by atoms with van der Waals surface area (Å²) in [6.07, 6.45) is 1.66. The van der Waals surface area contributed by atoms with E-state index < -0.39 is 0 Å². The van der Waals surface area contributed by atoms with Gasteiger partial charge in [-0.15, -0.1) is 0 Å². The summed E-state index contributed by atoms with van der Waals surface area (Å²) in [7, 11) is 0. The van der Waals surface area contributed by atoms with Crippen molar-refractivity contribution in [1.29, 1.82) is 0 Å². The standard InChI is InChI=1S/C12H16N4O2/c1-8-2-3-14-12(11(8)16(17)18)15-6-9-4-13-5-10(9)7-15/h2-3,9-10,13H,4-7H2,1H3/t9-,10+. The van der Waals surface area contributed by atoms with Crippen LogP contribution in [0.1, 0.15) is 5.56 Å². The SMILES string of the molecule is Cc1ccnc(N2C[C@H]3CNC[C@H]3C2)c1[N+](=O)[O-]. The number of rotatable bonds is 2. The number of hydrogen-bond donors (Lipinski definition) is 1. The van der Waals surface area contributed by atoms with Gasteiger partial charge >= 0.3 is 5.69 Å². The van der Waals surface area contributed by atoms with Gasteiger partial charge in [-0.2, -0.15) is 0 Å². The van der Waals surface area contributed by atoms with Crippen LogP contribution in [0.2, 0.25) is 0 Å². The van der Waals surface area contributed by atoms with Crippen molar-refractivity contribution in [2.24, 2.45) is 11.8 Å². The molecule has 0 radical (unpaired) electrons. The van der Waals surface area contributed by atoms with Gasteiger partial charge in [0.15, 0.2) is 0 Å². The van der Waals surface area contributed by atoms with E-state index in [1.165, 1.54) is 0 Å². The Balaban J connectivity index is 1.93. The number of anilines is 1. The third-order valence-corrected chi connectivity index (χ3v) is 3.98.